The topological polar surface area (TPSA) is 108 Å². The highest BCUT2D eigenvalue weighted by molar-refractivity contribution is 5.94. The largest absolute Gasteiger partial charge is 0.480 e. The van der Waals surface area contributed by atoms with E-state index in [2.05, 4.69) is 15.4 Å². The van der Waals surface area contributed by atoms with Gasteiger partial charge in [0.1, 0.15) is 5.82 Å². The van der Waals surface area contributed by atoms with Gasteiger partial charge in [-0.15, -0.1) is 0 Å². The first-order valence-corrected chi connectivity index (χ1v) is 9.27. The first-order chi connectivity index (χ1) is 13.4. The molecule has 2 saturated carbocycles. The van der Waals surface area contributed by atoms with Gasteiger partial charge in [0.15, 0.2) is 0 Å². The van der Waals surface area contributed by atoms with E-state index < -0.39 is 23.8 Å². The highest BCUT2D eigenvalue weighted by Crippen LogP contribution is 2.33. The van der Waals surface area contributed by atoms with Crippen molar-refractivity contribution < 1.29 is 28.6 Å². The van der Waals surface area contributed by atoms with E-state index in [0.717, 1.165) is 25.5 Å². The summed E-state index contributed by atoms with van der Waals surface area (Å²) in [5.41, 5.74) is 0.0183. The third-order valence-electron chi connectivity index (χ3n) is 5.13. The average Bonchev–Trinajstić information content (AvgIpc) is 3.42. The summed E-state index contributed by atoms with van der Waals surface area (Å²) in [7, 11) is 1.22. The molecule has 2 aliphatic rings. The molecule has 3 N–H and O–H groups in total. The number of halogens is 1. The molecule has 9 heteroatoms. The average molecular weight is 393 g/mol. The Morgan fingerprint density at radius 2 is 2.00 bits per heavy atom. The molecule has 0 radical (unpaired) electrons. The van der Waals surface area contributed by atoms with Crippen molar-refractivity contribution in [2.24, 2.45) is 5.92 Å². The number of aliphatic carboxylic acids is 1. The zero-order valence-corrected chi connectivity index (χ0v) is 15.6. The molecule has 0 unspecified atom stereocenters. The second-order valence-corrected chi connectivity index (χ2v) is 7.37. The van der Waals surface area contributed by atoms with Gasteiger partial charge in [-0.25, -0.2) is 14.0 Å². The van der Waals surface area contributed by atoms with Crippen LogP contribution in [0.1, 0.15) is 36.0 Å². The van der Waals surface area contributed by atoms with Crippen molar-refractivity contribution in [3.63, 3.8) is 0 Å². The zero-order valence-electron chi connectivity index (χ0n) is 15.6. The molecular formula is C19H24FN3O5. The highest BCUT2D eigenvalue weighted by Gasteiger charge is 2.37. The first-order valence-electron chi connectivity index (χ1n) is 9.27. The van der Waals surface area contributed by atoms with Gasteiger partial charge in [0.2, 0.25) is 0 Å². The van der Waals surface area contributed by atoms with Gasteiger partial charge in [0.05, 0.1) is 24.9 Å². The van der Waals surface area contributed by atoms with Crippen LogP contribution in [-0.2, 0) is 9.53 Å². The van der Waals surface area contributed by atoms with Crippen molar-refractivity contribution in [1.29, 1.82) is 0 Å². The Labute approximate surface area is 162 Å². The molecule has 0 bridgehead atoms. The lowest BCUT2D eigenvalue weighted by Crippen LogP contribution is -2.55. The van der Waals surface area contributed by atoms with Crippen LogP contribution in [0.3, 0.4) is 0 Å². The van der Waals surface area contributed by atoms with Crippen molar-refractivity contribution in [3.8, 4) is 0 Å². The number of carbonyl (C=O) groups excluding carboxylic acids is 2. The number of hydrogen-bond donors (Lipinski definition) is 3. The number of urea groups is 1. The lowest BCUT2D eigenvalue weighted by Gasteiger charge is -2.42. The fraction of sp³-hybridized carbons (Fsp3) is 0.526. The second-order valence-electron chi connectivity index (χ2n) is 7.37. The molecule has 0 saturated heterocycles. The van der Waals surface area contributed by atoms with Gasteiger partial charge in [-0.1, -0.05) is 0 Å². The number of rotatable bonds is 8. The summed E-state index contributed by atoms with van der Waals surface area (Å²) in [6.07, 6.45) is 3.59. The van der Waals surface area contributed by atoms with Crippen LogP contribution in [0.4, 0.5) is 14.9 Å². The van der Waals surface area contributed by atoms with E-state index in [1.807, 2.05) is 4.90 Å². The number of carbonyl (C=O) groups is 3. The Kier molecular flexibility index (Phi) is 6.13. The van der Waals surface area contributed by atoms with Crippen molar-refractivity contribution in [2.75, 3.05) is 25.5 Å². The van der Waals surface area contributed by atoms with Crippen LogP contribution in [0.5, 0.6) is 0 Å². The number of amides is 2. The summed E-state index contributed by atoms with van der Waals surface area (Å²) in [5, 5.41) is 14.2. The predicted molar refractivity (Wildman–Crippen MR) is 98.6 cm³/mol. The standard InChI is InChI=1S/C19H24FN3O5/c1-28-18(26)12-4-5-15(20)16(6-12)22-19(27)21-13-7-14(8-13)23(10-17(24)25)9-11-2-3-11/h4-6,11,13-14H,2-3,7-10H2,1H3,(H,24,25)(H2,21,22,27). The molecule has 0 aromatic heterocycles. The molecule has 152 valence electrons. The molecule has 1 aromatic carbocycles. The first kappa shape index (κ1) is 20.1. The molecule has 28 heavy (non-hydrogen) atoms. The minimum atomic E-state index is -0.851. The number of carboxylic acid groups (broad SMARTS) is 1. The van der Waals surface area contributed by atoms with Crippen molar-refractivity contribution in [3.05, 3.63) is 29.6 Å². The fourth-order valence-electron chi connectivity index (χ4n) is 3.36. The SMILES string of the molecule is COC(=O)c1ccc(F)c(NC(=O)NC2CC(N(CC(=O)O)CC3CC3)C2)c1. The number of nitrogens with zero attached hydrogens (tertiary/aromatic N) is 1. The maximum absolute atomic E-state index is 13.9. The maximum atomic E-state index is 13.9. The molecule has 8 nitrogen and oxygen atoms in total. The second kappa shape index (κ2) is 8.55. The predicted octanol–water partition coefficient (Wildman–Crippen LogP) is 2.06. The van der Waals surface area contributed by atoms with Gasteiger partial charge in [-0.05, 0) is 49.8 Å². The quantitative estimate of drug-likeness (QED) is 0.584. The molecule has 0 spiro atoms. The van der Waals surface area contributed by atoms with E-state index in [1.165, 1.54) is 19.2 Å². The van der Waals surface area contributed by atoms with Gasteiger partial charge < -0.3 is 20.5 Å². The van der Waals surface area contributed by atoms with Gasteiger partial charge >= 0.3 is 18.0 Å². The van der Waals surface area contributed by atoms with Crippen molar-refractivity contribution in [1.82, 2.24) is 10.2 Å². The lowest BCUT2D eigenvalue weighted by molar-refractivity contribution is -0.139. The Morgan fingerprint density at radius 1 is 1.29 bits per heavy atom. The Balaban J connectivity index is 1.50. The summed E-state index contributed by atoms with van der Waals surface area (Å²) < 4.78 is 18.5. The number of esters is 1. The summed E-state index contributed by atoms with van der Waals surface area (Å²) in [6.45, 7) is 0.785. The van der Waals surface area contributed by atoms with E-state index in [0.29, 0.717) is 18.8 Å². The molecule has 0 heterocycles. The Morgan fingerprint density at radius 3 is 2.61 bits per heavy atom. The molecule has 0 aliphatic heterocycles. The molecule has 2 aliphatic carbocycles. The van der Waals surface area contributed by atoms with Gasteiger partial charge in [-0.3, -0.25) is 9.69 Å². The smallest absolute Gasteiger partial charge is 0.337 e. The maximum Gasteiger partial charge on any atom is 0.337 e. The van der Waals surface area contributed by atoms with Gasteiger partial charge in [-0.2, -0.15) is 0 Å². The number of anilines is 1. The van der Waals surface area contributed by atoms with Crippen molar-refractivity contribution in [2.45, 2.75) is 37.8 Å². The van der Waals surface area contributed by atoms with E-state index in [1.54, 1.807) is 0 Å². The summed E-state index contributed by atoms with van der Waals surface area (Å²) in [5.74, 6) is -1.55. The van der Waals surface area contributed by atoms with Crippen LogP contribution in [0, 0.1) is 11.7 Å². The number of carboxylic acids is 1. The molecular weight excluding hydrogens is 369 g/mol. The van der Waals surface area contributed by atoms with Gasteiger partial charge in [0, 0.05) is 18.6 Å². The Hall–Kier alpha value is -2.68. The van der Waals surface area contributed by atoms with E-state index in [-0.39, 0.29) is 29.9 Å². The number of methoxy groups -OCH3 is 1. The van der Waals surface area contributed by atoms with E-state index in [4.69, 9.17) is 5.11 Å². The minimum absolute atomic E-state index is 0.00557. The number of hydrogen-bond acceptors (Lipinski definition) is 5. The molecule has 3 rings (SSSR count). The number of benzene rings is 1. The van der Waals surface area contributed by atoms with Crippen molar-refractivity contribution >= 4 is 23.7 Å². The van der Waals surface area contributed by atoms with Gasteiger partial charge in [0.25, 0.3) is 0 Å². The Bertz CT molecular complexity index is 762. The summed E-state index contributed by atoms with van der Waals surface area (Å²) in [4.78, 5) is 36.7. The highest BCUT2D eigenvalue weighted by atomic mass is 19.1. The van der Waals surface area contributed by atoms with Crippen LogP contribution in [0.15, 0.2) is 18.2 Å². The molecule has 2 amide bonds. The van der Waals surface area contributed by atoms with Crippen LogP contribution >= 0.6 is 0 Å². The molecule has 2 fully saturated rings. The van der Waals surface area contributed by atoms with Crippen LogP contribution in [0.25, 0.3) is 0 Å². The van der Waals surface area contributed by atoms with Crippen LogP contribution in [-0.4, -0.2) is 60.3 Å². The van der Waals surface area contributed by atoms with E-state index in [9.17, 15) is 18.8 Å². The van der Waals surface area contributed by atoms with Crippen LogP contribution < -0.4 is 10.6 Å². The lowest BCUT2D eigenvalue weighted by atomic mass is 9.85. The normalized spacial score (nSPS) is 21.0. The minimum Gasteiger partial charge on any atom is -0.480 e. The third kappa shape index (κ3) is 5.19. The molecule has 0 atom stereocenters. The van der Waals surface area contributed by atoms with Crippen LogP contribution in [0.2, 0.25) is 0 Å². The monoisotopic (exact) mass is 393 g/mol. The zero-order chi connectivity index (χ0) is 20.3. The third-order valence-corrected chi connectivity index (χ3v) is 5.13. The summed E-state index contributed by atoms with van der Waals surface area (Å²) >= 11 is 0. The fourth-order valence-corrected chi connectivity index (χ4v) is 3.36. The number of nitrogens with one attached hydrogen (secondary N) is 2. The summed E-state index contributed by atoms with van der Waals surface area (Å²) in [6, 6.07) is 3.03. The van der Waals surface area contributed by atoms with E-state index >= 15 is 0 Å². The number of ether oxygens (including phenoxy) is 1. The molecule has 1 aromatic rings.